The van der Waals surface area contributed by atoms with Crippen LogP contribution in [0, 0.1) is 0 Å². The monoisotopic (exact) mass is 226 g/mol. The molecule has 0 radical (unpaired) electrons. The predicted octanol–water partition coefficient (Wildman–Crippen LogP) is 2.50. The molecule has 0 spiro atoms. The summed E-state index contributed by atoms with van der Waals surface area (Å²) in [4.78, 5) is 0. The number of hydrogen-bond donors (Lipinski definition) is 1. The van der Waals surface area contributed by atoms with Gasteiger partial charge in [-0.1, -0.05) is 0 Å². The number of thioether (sulfide) groups is 3. The smallest absolute Gasteiger partial charge is 0.0229 e. The average Bonchev–Trinajstić information content (AvgIpc) is 2.07. The maximum Gasteiger partial charge on any atom is 0.0229 e. The van der Waals surface area contributed by atoms with Gasteiger partial charge in [0.1, 0.15) is 0 Å². The van der Waals surface area contributed by atoms with Crippen molar-refractivity contribution in [2.75, 3.05) is 29.3 Å². The van der Waals surface area contributed by atoms with E-state index in [1.54, 1.807) is 0 Å². The largest absolute Gasteiger partial charge is 0.178 e. The minimum atomic E-state index is 0.807. The van der Waals surface area contributed by atoms with Gasteiger partial charge in [-0.2, -0.15) is 47.9 Å². The lowest BCUT2D eigenvalue weighted by Crippen LogP contribution is -2.23. The first-order chi connectivity index (χ1) is 5.36. The summed E-state index contributed by atoms with van der Waals surface area (Å²) in [5.74, 6) is 5.00. The zero-order chi connectivity index (χ0) is 8.10. The Labute approximate surface area is 87.4 Å². The number of rotatable bonds is 3. The zero-order valence-corrected chi connectivity index (χ0v) is 10.00. The van der Waals surface area contributed by atoms with Crippen molar-refractivity contribution in [1.29, 1.82) is 0 Å². The summed E-state index contributed by atoms with van der Waals surface area (Å²) >= 11 is 10.5. The van der Waals surface area contributed by atoms with Crippen LogP contribution in [0.15, 0.2) is 0 Å². The van der Waals surface area contributed by atoms with Crippen LogP contribution in [-0.4, -0.2) is 39.8 Å². The Morgan fingerprint density at radius 2 is 2.00 bits per heavy atom. The minimum Gasteiger partial charge on any atom is -0.178 e. The van der Waals surface area contributed by atoms with Crippen LogP contribution in [0.3, 0.4) is 0 Å². The Kier molecular flexibility index (Phi) is 5.67. The van der Waals surface area contributed by atoms with E-state index in [1.807, 2.05) is 11.8 Å². The fraction of sp³-hybridized carbons (Fsp3) is 1.00. The molecule has 0 saturated carbocycles. The molecule has 1 aliphatic heterocycles. The highest BCUT2D eigenvalue weighted by atomic mass is 32.2. The molecule has 0 aromatic rings. The summed E-state index contributed by atoms with van der Waals surface area (Å²) in [6.07, 6.45) is 2.19. The van der Waals surface area contributed by atoms with Crippen LogP contribution in [-0.2, 0) is 0 Å². The summed E-state index contributed by atoms with van der Waals surface area (Å²) in [6, 6.07) is 0. The van der Waals surface area contributed by atoms with Crippen LogP contribution < -0.4 is 0 Å². The van der Waals surface area contributed by atoms with Gasteiger partial charge in [0, 0.05) is 33.5 Å². The van der Waals surface area contributed by atoms with Crippen molar-refractivity contribution in [3.8, 4) is 0 Å². The molecule has 2 unspecified atom stereocenters. The van der Waals surface area contributed by atoms with Crippen molar-refractivity contribution >= 4 is 47.9 Å². The Morgan fingerprint density at radius 3 is 2.45 bits per heavy atom. The number of thiol groups is 1. The summed E-state index contributed by atoms with van der Waals surface area (Å²) in [6.45, 7) is 0. The lowest BCUT2D eigenvalue weighted by Gasteiger charge is -2.26. The fourth-order valence-corrected chi connectivity index (χ4v) is 5.58. The van der Waals surface area contributed by atoms with Gasteiger partial charge in [0.2, 0.25) is 0 Å². The molecule has 0 amide bonds. The predicted molar refractivity (Wildman–Crippen MR) is 64.7 cm³/mol. The van der Waals surface area contributed by atoms with E-state index in [2.05, 4.69) is 42.4 Å². The van der Waals surface area contributed by atoms with Crippen LogP contribution in [0.2, 0.25) is 0 Å². The standard InChI is InChI=1S/C7H14S4/c1-9-3-7-5-10-6(2-8)4-11-7/h6-8H,2-5H2,1H3. The third-order valence-electron chi connectivity index (χ3n) is 1.59. The maximum atomic E-state index is 4.31. The van der Waals surface area contributed by atoms with E-state index in [0.29, 0.717) is 0 Å². The normalized spacial score (nSPS) is 32.2. The zero-order valence-electron chi connectivity index (χ0n) is 6.66. The lowest BCUT2D eigenvalue weighted by atomic mass is 10.5. The topological polar surface area (TPSA) is 0 Å². The van der Waals surface area contributed by atoms with Gasteiger partial charge >= 0.3 is 0 Å². The van der Waals surface area contributed by atoms with Crippen molar-refractivity contribution in [3.63, 3.8) is 0 Å². The molecule has 66 valence electrons. The first-order valence-corrected chi connectivity index (χ1v) is 7.82. The van der Waals surface area contributed by atoms with Gasteiger partial charge in [-0.15, -0.1) is 0 Å². The van der Waals surface area contributed by atoms with E-state index in [4.69, 9.17) is 0 Å². The molecular formula is C7H14S4. The lowest BCUT2D eigenvalue weighted by molar-refractivity contribution is 1.06. The molecule has 0 aromatic heterocycles. The summed E-state index contributed by atoms with van der Waals surface area (Å²) in [7, 11) is 0. The van der Waals surface area contributed by atoms with E-state index in [9.17, 15) is 0 Å². The van der Waals surface area contributed by atoms with Gasteiger partial charge in [-0.25, -0.2) is 0 Å². The van der Waals surface area contributed by atoms with Crippen LogP contribution in [0.4, 0.5) is 0 Å². The van der Waals surface area contributed by atoms with Crippen molar-refractivity contribution in [1.82, 2.24) is 0 Å². The molecule has 1 aliphatic rings. The Hall–Kier alpha value is 1.40. The summed E-state index contributed by atoms with van der Waals surface area (Å²) < 4.78 is 0. The molecule has 4 heteroatoms. The molecule has 0 bridgehead atoms. The molecule has 0 aromatic carbocycles. The highest BCUT2D eigenvalue weighted by Crippen LogP contribution is 2.31. The van der Waals surface area contributed by atoms with Gasteiger partial charge in [0.05, 0.1) is 0 Å². The van der Waals surface area contributed by atoms with Crippen molar-refractivity contribution in [3.05, 3.63) is 0 Å². The maximum absolute atomic E-state index is 4.31. The number of hydrogen-bond acceptors (Lipinski definition) is 4. The second kappa shape index (κ2) is 5.95. The second-order valence-electron chi connectivity index (χ2n) is 2.55. The van der Waals surface area contributed by atoms with Gasteiger partial charge in [-0.05, 0) is 6.26 Å². The minimum absolute atomic E-state index is 0.807. The quantitative estimate of drug-likeness (QED) is 0.735. The first kappa shape index (κ1) is 10.5. The third kappa shape index (κ3) is 3.75. The van der Waals surface area contributed by atoms with Crippen LogP contribution in [0.1, 0.15) is 0 Å². The van der Waals surface area contributed by atoms with Gasteiger partial charge in [-0.3, -0.25) is 0 Å². The first-order valence-electron chi connectivity index (χ1n) is 3.69. The van der Waals surface area contributed by atoms with E-state index in [0.717, 1.165) is 16.3 Å². The fourth-order valence-electron chi connectivity index (χ4n) is 0.971. The van der Waals surface area contributed by atoms with Crippen molar-refractivity contribution in [2.24, 2.45) is 0 Å². The Bertz CT molecular complexity index is 98.6. The second-order valence-corrected chi connectivity index (χ2v) is 6.49. The summed E-state index contributed by atoms with van der Waals surface area (Å²) in [5.41, 5.74) is 0. The molecule has 0 N–H and O–H groups in total. The molecule has 2 atom stereocenters. The highest BCUT2D eigenvalue weighted by Gasteiger charge is 2.20. The van der Waals surface area contributed by atoms with Crippen molar-refractivity contribution < 1.29 is 0 Å². The average molecular weight is 226 g/mol. The molecule has 0 aliphatic carbocycles. The van der Waals surface area contributed by atoms with E-state index < -0.39 is 0 Å². The van der Waals surface area contributed by atoms with Crippen LogP contribution >= 0.6 is 47.9 Å². The SMILES string of the molecule is CSCC1CSC(CS)CS1. The molecule has 11 heavy (non-hydrogen) atoms. The molecule has 1 rings (SSSR count). The van der Waals surface area contributed by atoms with Gasteiger partial charge in [0.25, 0.3) is 0 Å². The highest BCUT2D eigenvalue weighted by molar-refractivity contribution is 8.08. The van der Waals surface area contributed by atoms with E-state index in [1.165, 1.54) is 17.3 Å². The Morgan fingerprint density at radius 1 is 1.36 bits per heavy atom. The third-order valence-corrected chi connectivity index (χ3v) is 6.45. The molecule has 1 saturated heterocycles. The molecule has 1 heterocycles. The van der Waals surface area contributed by atoms with E-state index >= 15 is 0 Å². The molecular weight excluding hydrogens is 212 g/mol. The van der Waals surface area contributed by atoms with Gasteiger partial charge < -0.3 is 0 Å². The van der Waals surface area contributed by atoms with Crippen LogP contribution in [0.5, 0.6) is 0 Å². The molecule has 1 fully saturated rings. The van der Waals surface area contributed by atoms with E-state index in [-0.39, 0.29) is 0 Å². The van der Waals surface area contributed by atoms with Crippen molar-refractivity contribution in [2.45, 2.75) is 10.5 Å². The Balaban J connectivity index is 2.14. The summed E-state index contributed by atoms with van der Waals surface area (Å²) in [5, 5.41) is 1.70. The molecule has 0 nitrogen and oxygen atoms in total. The van der Waals surface area contributed by atoms with Crippen LogP contribution in [0.25, 0.3) is 0 Å². The van der Waals surface area contributed by atoms with Gasteiger partial charge in [0.15, 0.2) is 0 Å².